The van der Waals surface area contributed by atoms with E-state index < -0.39 is 12.1 Å². The number of carboxylic acids is 1. The predicted octanol–water partition coefficient (Wildman–Crippen LogP) is 1.64. The highest BCUT2D eigenvalue weighted by Crippen LogP contribution is 2.13. The predicted molar refractivity (Wildman–Crippen MR) is 57.7 cm³/mol. The summed E-state index contributed by atoms with van der Waals surface area (Å²) < 4.78 is 31.7. The summed E-state index contributed by atoms with van der Waals surface area (Å²) in [6.45, 7) is 6.55. The number of alkyl halides is 3. The Labute approximate surface area is 98.8 Å². The molecule has 1 aliphatic rings. The number of carboxylic acid groups (broad SMARTS) is 1. The van der Waals surface area contributed by atoms with Gasteiger partial charge in [0.25, 0.3) is 0 Å². The first-order valence-corrected chi connectivity index (χ1v) is 5.49. The van der Waals surface area contributed by atoms with Gasteiger partial charge < -0.3 is 15.5 Å². The van der Waals surface area contributed by atoms with Crippen molar-refractivity contribution < 1.29 is 28.2 Å². The number of rotatable bonds is 1. The Hall–Kier alpha value is -0.820. The number of hydrogen-bond donors (Lipinski definition) is 3. The molecule has 0 aromatic carbocycles. The van der Waals surface area contributed by atoms with E-state index in [4.69, 9.17) is 15.0 Å². The van der Waals surface area contributed by atoms with Crippen molar-refractivity contribution in [2.24, 2.45) is 5.92 Å². The molecule has 4 nitrogen and oxygen atoms in total. The zero-order chi connectivity index (χ0) is 13.9. The van der Waals surface area contributed by atoms with E-state index in [1.807, 2.05) is 13.8 Å². The minimum atomic E-state index is -5.08. The van der Waals surface area contributed by atoms with Crippen LogP contribution >= 0.6 is 0 Å². The average molecular weight is 259 g/mol. The molecule has 0 radical (unpaired) electrons. The standard InChI is InChI=1S/C6H13NO.C2HF3O2.C2H6/c8-5-6-1-3-7-4-2-6;3-2(4,5)1(6)7;1-2/h6-8H,1-5H2;(H,6,7);1-2H3. The summed E-state index contributed by atoms with van der Waals surface area (Å²) in [7, 11) is 0. The van der Waals surface area contributed by atoms with Gasteiger partial charge in [-0.3, -0.25) is 0 Å². The summed E-state index contributed by atoms with van der Waals surface area (Å²) in [4.78, 5) is 8.90. The number of hydrogen-bond acceptors (Lipinski definition) is 3. The molecule has 1 rings (SSSR count). The molecule has 0 bridgehead atoms. The van der Waals surface area contributed by atoms with Crippen molar-refractivity contribution in [1.82, 2.24) is 5.32 Å². The van der Waals surface area contributed by atoms with Crippen LogP contribution in [0.4, 0.5) is 13.2 Å². The Morgan fingerprint density at radius 2 is 1.65 bits per heavy atom. The molecular formula is C10H20F3NO3. The van der Waals surface area contributed by atoms with Gasteiger partial charge in [-0.25, -0.2) is 4.79 Å². The number of nitrogens with one attached hydrogen (secondary N) is 1. The molecule has 7 heteroatoms. The van der Waals surface area contributed by atoms with Crippen LogP contribution in [0.15, 0.2) is 0 Å². The third kappa shape index (κ3) is 11.4. The lowest BCUT2D eigenvalue weighted by atomic mass is 10.00. The Kier molecular flexibility index (Phi) is 11.3. The maximum absolute atomic E-state index is 10.6. The smallest absolute Gasteiger partial charge is 0.475 e. The average Bonchev–Trinajstić information content (AvgIpc) is 2.32. The summed E-state index contributed by atoms with van der Waals surface area (Å²) in [5, 5.41) is 19.0. The molecule has 1 aliphatic heterocycles. The summed E-state index contributed by atoms with van der Waals surface area (Å²) in [5.41, 5.74) is 0. The number of aliphatic hydroxyl groups is 1. The topological polar surface area (TPSA) is 69.6 Å². The Morgan fingerprint density at radius 1 is 1.29 bits per heavy atom. The van der Waals surface area contributed by atoms with E-state index >= 15 is 0 Å². The molecule has 0 saturated carbocycles. The first kappa shape index (κ1) is 18.5. The van der Waals surface area contributed by atoms with Crippen LogP contribution in [0.5, 0.6) is 0 Å². The lowest BCUT2D eigenvalue weighted by molar-refractivity contribution is -0.192. The SMILES string of the molecule is CC.O=C(O)C(F)(F)F.OCC1CCNCC1. The number of halogens is 3. The van der Waals surface area contributed by atoms with Crippen molar-refractivity contribution >= 4 is 5.97 Å². The molecule has 1 saturated heterocycles. The highest BCUT2D eigenvalue weighted by Gasteiger charge is 2.38. The highest BCUT2D eigenvalue weighted by atomic mass is 19.4. The van der Waals surface area contributed by atoms with E-state index in [1.165, 1.54) is 0 Å². The van der Waals surface area contributed by atoms with Crippen LogP contribution in [0, 0.1) is 5.92 Å². The van der Waals surface area contributed by atoms with E-state index in [-0.39, 0.29) is 0 Å². The largest absolute Gasteiger partial charge is 0.490 e. The van der Waals surface area contributed by atoms with Crippen LogP contribution < -0.4 is 5.32 Å². The third-order valence-corrected chi connectivity index (χ3v) is 1.96. The second kappa shape index (κ2) is 10.3. The van der Waals surface area contributed by atoms with Crippen LogP contribution in [0.25, 0.3) is 0 Å². The Morgan fingerprint density at radius 3 is 1.82 bits per heavy atom. The van der Waals surface area contributed by atoms with Gasteiger partial charge in [-0.05, 0) is 31.8 Å². The number of aliphatic hydroxyl groups excluding tert-OH is 1. The fourth-order valence-electron chi connectivity index (χ4n) is 1.06. The summed E-state index contributed by atoms with van der Waals surface area (Å²) in [6.07, 6.45) is -2.78. The molecule has 0 amide bonds. The fourth-order valence-corrected chi connectivity index (χ4v) is 1.06. The Balaban J connectivity index is 0. The zero-order valence-electron chi connectivity index (χ0n) is 10.0. The molecular weight excluding hydrogens is 239 g/mol. The molecule has 17 heavy (non-hydrogen) atoms. The Bertz CT molecular complexity index is 192. The lowest BCUT2D eigenvalue weighted by Gasteiger charge is -2.19. The number of carbonyl (C=O) groups is 1. The van der Waals surface area contributed by atoms with Crippen molar-refractivity contribution in [1.29, 1.82) is 0 Å². The van der Waals surface area contributed by atoms with Crippen molar-refractivity contribution in [3.63, 3.8) is 0 Å². The van der Waals surface area contributed by atoms with Crippen molar-refractivity contribution in [3.8, 4) is 0 Å². The van der Waals surface area contributed by atoms with Gasteiger partial charge in [0.1, 0.15) is 0 Å². The van der Waals surface area contributed by atoms with Gasteiger partial charge in [0.05, 0.1) is 0 Å². The van der Waals surface area contributed by atoms with Crippen LogP contribution in [0.2, 0.25) is 0 Å². The van der Waals surface area contributed by atoms with E-state index in [9.17, 15) is 13.2 Å². The maximum atomic E-state index is 10.6. The summed E-state index contributed by atoms with van der Waals surface area (Å²) in [5.74, 6) is -2.18. The van der Waals surface area contributed by atoms with Gasteiger partial charge in [0, 0.05) is 6.61 Å². The van der Waals surface area contributed by atoms with Crippen molar-refractivity contribution in [2.75, 3.05) is 19.7 Å². The summed E-state index contributed by atoms with van der Waals surface area (Å²) >= 11 is 0. The molecule has 0 aromatic heterocycles. The molecule has 1 fully saturated rings. The van der Waals surface area contributed by atoms with Crippen LogP contribution in [0.1, 0.15) is 26.7 Å². The molecule has 104 valence electrons. The number of aliphatic carboxylic acids is 1. The first-order chi connectivity index (χ1) is 7.88. The monoisotopic (exact) mass is 259 g/mol. The molecule has 1 heterocycles. The van der Waals surface area contributed by atoms with E-state index in [1.54, 1.807) is 0 Å². The van der Waals surface area contributed by atoms with Crippen molar-refractivity contribution in [3.05, 3.63) is 0 Å². The van der Waals surface area contributed by atoms with Gasteiger partial charge in [-0.15, -0.1) is 0 Å². The molecule has 3 N–H and O–H groups in total. The molecule has 0 aliphatic carbocycles. The van der Waals surface area contributed by atoms with E-state index in [0.29, 0.717) is 12.5 Å². The third-order valence-electron chi connectivity index (χ3n) is 1.96. The minimum absolute atomic E-state index is 0.377. The van der Waals surface area contributed by atoms with E-state index in [2.05, 4.69) is 5.32 Å². The molecule has 0 aromatic rings. The molecule has 0 atom stereocenters. The number of piperidine rings is 1. The van der Waals surface area contributed by atoms with Gasteiger partial charge in [0.2, 0.25) is 0 Å². The van der Waals surface area contributed by atoms with Crippen LogP contribution in [0.3, 0.4) is 0 Å². The molecule has 0 unspecified atom stereocenters. The zero-order valence-corrected chi connectivity index (χ0v) is 10.0. The van der Waals surface area contributed by atoms with Gasteiger partial charge in [0.15, 0.2) is 0 Å². The quantitative estimate of drug-likeness (QED) is 0.669. The lowest BCUT2D eigenvalue weighted by Crippen LogP contribution is -2.29. The van der Waals surface area contributed by atoms with Crippen LogP contribution in [-0.4, -0.2) is 42.1 Å². The van der Waals surface area contributed by atoms with E-state index in [0.717, 1.165) is 25.9 Å². The maximum Gasteiger partial charge on any atom is 0.490 e. The van der Waals surface area contributed by atoms with Gasteiger partial charge in [-0.1, -0.05) is 13.8 Å². The normalized spacial score (nSPS) is 16.1. The minimum Gasteiger partial charge on any atom is -0.475 e. The second-order valence-electron chi connectivity index (χ2n) is 3.18. The van der Waals surface area contributed by atoms with Crippen LogP contribution in [-0.2, 0) is 4.79 Å². The first-order valence-electron chi connectivity index (χ1n) is 5.49. The molecule has 0 spiro atoms. The second-order valence-corrected chi connectivity index (χ2v) is 3.18. The fraction of sp³-hybridized carbons (Fsp3) is 0.900. The highest BCUT2D eigenvalue weighted by molar-refractivity contribution is 5.73. The van der Waals surface area contributed by atoms with Crippen molar-refractivity contribution in [2.45, 2.75) is 32.9 Å². The summed E-state index contributed by atoms with van der Waals surface area (Å²) in [6, 6.07) is 0. The van der Waals surface area contributed by atoms with Gasteiger partial charge >= 0.3 is 12.1 Å². The van der Waals surface area contributed by atoms with Gasteiger partial charge in [-0.2, -0.15) is 13.2 Å².